The van der Waals surface area contributed by atoms with Gasteiger partial charge in [0.15, 0.2) is 11.5 Å². The molecule has 130 valence electrons. The molecule has 24 heavy (non-hydrogen) atoms. The van der Waals surface area contributed by atoms with Crippen molar-refractivity contribution in [3.05, 3.63) is 23.8 Å². The molecule has 0 radical (unpaired) electrons. The Morgan fingerprint density at radius 3 is 2.83 bits per heavy atom. The molecule has 0 spiro atoms. The summed E-state index contributed by atoms with van der Waals surface area (Å²) in [4.78, 5) is 16.4. The first kappa shape index (κ1) is 15.8. The molecule has 4 rings (SSSR count). The number of nitrogens with one attached hydrogen (secondary N) is 1. The number of amides is 1. The van der Waals surface area contributed by atoms with Crippen molar-refractivity contribution in [1.29, 1.82) is 0 Å². The van der Waals surface area contributed by atoms with Gasteiger partial charge in [-0.15, -0.1) is 0 Å². The number of likely N-dealkylation sites (tertiary alicyclic amines) is 2. The summed E-state index contributed by atoms with van der Waals surface area (Å²) < 4.78 is 10.9. The van der Waals surface area contributed by atoms with Crippen LogP contribution in [0, 0.1) is 5.92 Å². The number of carbonyl (C=O) groups is 1. The molecule has 2 fully saturated rings. The SMILES string of the molecule is O=C([C@@H]1CCC[NH+](Cc2ccc3c(c2)OCO3)C1)N1CCCCC1. The number of nitrogens with zero attached hydrogens (tertiary/aromatic N) is 1. The van der Waals surface area contributed by atoms with Crippen LogP contribution in [-0.4, -0.2) is 43.8 Å². The van der Waals surface area contributed by atoms with E-state index in [2.05, 4.69) is 17.0 Å². The average Bonchev–Trinajstić information content (AvgIpc) is 3.10. The zero-order valence-electron chi connectivity index (χ0n) is 14.3. The summed E-state index contributed by atoms with van der Waals surface area (Å²) in [6, 6.07) is 6.21. The molecule has 5 nitrogen and oxygen atoms in total. The number of hydrogen-bond acceptors (Lipinski definition) is 3. The Labute approximate surface area is 143 Å². The lowest BCUT2D eigenvalue weighted by Gasteiger charge is -2.34. The number of piperidine rings is 2. The third-order valence-corrected chi connectivity index (χ3v) is 5.53. The van der Waals surface area contributed by atoms with Gasteiger partial charge < -0.3 is 19.3 Å². The zero-order chi connectivity index (χ0) is 16.4. The minimum atomic E-state index is 0.209. The molecule has 2 atom stereocenters. The van der Waals surface area contributed by atoms with E-state index in [1.165, 1.54) is 29.7 Å². The highest BCUT2D eigenvalue weighted by molar-refractivity contribution is 5.79. The van der Waals surface area contributed by atoms with Gasteiger partial charge >= 0.3 is 0 Å². The van der Waals surface area contributed by atoms with Gasteiger partial charge in [-0.25, -0.2) is 0 Å². The third kappa shape index (κ3) is 3.36. The Kier molecular flexibility index (Phi) is 4.60. The summed E-state index contributed by atoms with van der Waals surface area (Å²) in [6.45, 7) is 5.32. The van der Waals surface area contributed by atoms with Crippen molar-refractivity contribution in [2.45, 2.75) is 38.6 Å². The quantitative estimate of drug-likeness (QED) is 0.906. The molecule has 0 aromatic heterocycles. The van der Waals surface area contributed by atoms with Crippen LogP contribution < -0.4 is 14.4 Å². The number of carbonyl (C=O) groups excluding carboxylic acids is 1. The summed E-state index contributed by atoms with van der Waals surface area (Å²) in [5.74, 6) is 2.30. The summed E-state index contributed by atoms with van der Waals surface area (Å²) in [7, 11) is 0. The van der Waals surface area contributed by atoms with Gasteiger partial charge in [-0.05, 0) is 50.3 Å². The van der Waals surface area contributed by atoms with Crippen molar-refractivity contribution in [2.24, 2.45) is 5.92 Å². The van der Waals surface area contributed by atoms with Gasteiger partial charge in [-0.1, -0.05) is 0 Å². The second-order valence-corrected chi connectivity index (χ2v) is 7.29. The lowest BCUT2D eigenvalue weighted by molar-refractivity contribution is -0.921. The van der Waals surface area contributed by atoms with Crippen molar-refractivity contribution in [1.82, 2.24) is 4.90 Å². The normalized spacial score (nSPS) is 26.4. The molecule has 0 bridgehead atoms. The van der Waals surface area contributed by atoms with Crippen LogP contribution >= 0.6 is 0 Å². The topological polar surface area (TPSA) is 43.2 Å². The minimum absolute atomic E-state index is 0.209. The average molecular weight is 331 g/mol. The Bertz CT molecular complexity index is 598. The Morgan fingerprint density at radius 2 is 1.96 bits per heavy atom. The summed E-state index contributed by atoms with van der Waals surface area (Å²) in [5.41, 5.74) is 1.26. The van der Waals surface area contributed by atoms with Crippen molar-refractivity contribution in [3.63, 3.8) is 0 Å². The summed E-state index contributed by atoms with van der Waals surface area (Å²) in [5, 5.41) is 0. The lowest BCUT2D eigenvalue weighted by Crippen LogP contribution is -3.12. The van der Waals surface area contributed by atoms with Gasteiger partial charge in [-0.3, -0.25) is 4.79 Å². The van der Waals surface area contributed by atoms with E-state index < -0.39 is 0 Å². The molecule has 0 aliphatic carbocycles. The molecule has 2 saturated heterocycles. The molecule has 1 N–H and O–H groups in total. The number of fused-ring (bicyclic) bond motifs is 1. The number of ether oxygens (including phenoxy) is 2. The smallest absolute Gasteiger partial charge is 0.231 e. The fourth-order valence-electron chi connectivity index (χ4n) is 4.23. The van der Waals surface area contributed by atoms with E-state index in [0.717, 1.165) is 57.1 Å². The highest BCUT2D eigenvalue weighted by Crippen LogP contribution is 2.32. The van der Waals surface area contributed by atoms with E-state index in [1.807, 2.05) is 6.07 Å². The number of hydrogen-bond donors (Lipinski definition) is 1. The maximum atomic E-state index is 12.8. The zero-order valence-corrected chi connectivity index (χ0v) is 14.3. The van der Waals surface area contributed by atoms with E-state index in [9.17, 15) is 4.79 Å². The van der Waals surface area contributed by atoms with E-state index in [4.69, 9.17) is 9.47 Å². The molecule has 1 amide bonds. The van der Waals surface area contributed by atoms with Gasteiger partial charge in [0.1, 0.15) is 6.54 Å². The van der Waals surface area contributed by atoms with Gasteiger partial charge in [-0.2, -0.15) is 0 Å². The Morgan fingerprint density at radius 1 is 1.12 bits per heavy atom. The first-order valence-corrected chi connectivity index (χ1v) is 9.30. The fraction of sp³-hybridized carbons (Fsp3) is 0.632. The molecule has 1 aromatic rings. The largest absolute Gasteiger partial charge is 0.454 e. The second kappa shape index (κ2) is 7.01. The molecule has 5 heteroatoms. The van der Waals surface area contributed by atoms with Crippen LogP contribution in [0.25, 0.3) is 0 Å². The van der Waals surface area contributed by atoms with Gasteiger partial charge in [0.05, 0.1) is 19.0 Å². The van der Waals surface area contributed by atoms with Crippen LogP contribution in [0.15, 0.2) is 18.2 Å². The van der Waals surface area contributed by atoms with E-state index >= 15 is 0 Å². The van der Waals surface area contributed by atoms with Gasteiger partial charge in [0.2, 0.25) is 12.7 Å². The molecule has 1 aromatic carbocycles. The second-order valence-electron chi connectivity index (χ2n) is 7.29. The summed E-state index contributed by atoms with van der Waals surface area (Å²) in [6.07, 6.45) is 5.82. The van der Waals surface area contributed by atoms with Crippen LogP contribution in [0.3, 0.4) is 0 Å². The molecular weight excluding hydrogens is 304 g/mol. The van der Waals surface area contributed by atoms with E-state index in [1.54, 1.807) is 0 Å². The monoisotopic (exact) mass is 331 g/mol. The lowest BCUT2D eigenvalue weighted by atomic mass is 9.95. The van der Waals surface area contributed by atoms with E-state index in [-0.39, 0.29) is 5.92 Å². The van der Waals surface area contributed by atoms with Crippen LogP contribution in [0.5, 0.6) is 11.5 Å². The first-order chi connectivity index (χ1) is 11.8. The van der Waals surface area contributed by atoms with Crippen LogP contribution in [0.4, 0.5) is 0 Å². The molecule has 3 aliphatic heterocycles. The van der Waals surface area contributed by atoms with Crippen molar-refractivity contribution in [2.75, 3.05) is 33.0 Å². The molecule has 3 heterocycles. The maximum absolute atomic E-state index is 12.8. The minimum Gasteiger partial charge on any atom is -0.454 e. The van der Waals surface area contributed by atoms with Crippen molar-refractivity contribution in [3.8, 4) is 11.5 Å². The van der Waals surface area contributed by atoms with E-state index in [0.29, 0.717) is 12.7 Å². The fourth-order valence-corrected chi connectivity index (χ4v) is 4.23. The van der Waals surface area contributed by atoms with Crippen LogP contribution in [-0.2, 0) is 11.3 Å². The molecular formula is C19H27N2O3+. The number of rotatable bonds is 3. The predicted molar refractivity (Wildman–Crippen MR) is 90.1 cm³/mol. The Hall–Kier alpha value is -1.75. The third-order valence-electron chi connectivity index (χ3n) is 5.53. The predicted octanol–water partition coefficient (Wildman–Crippen LogP) is 1.22. The maximum Gasteiger partial charge on any atom is 0.231 e. The van der Waals surface area contributed by atoms with Crippen LogP contribution in [0.1, 0.15) is 37.7 Å². The Balaban J connectivity index is 1.37. The molecule has 3 aliphatic rings. The van der Waals surface area contributed by atoms with Gasteiger partial charge in [0, 0.05) is 18.7 Å². The molecule has 1 unspecified atom stereocenters. The first-order valence-electron chi connectivity index (χ1n) is 9.30. The molecule has 0 saturated carbocycles. The van der Waals surface area contributed by atoms with Crippen molar-refractivity contribution < 1.29 is 19.2 Å². The van der Waals surface area contributed by atoms with Gasteiger partial charge in [0.25, 0.3) is 0 Å². The summed E-state index contributed by atoms with van der Waals surface area (Å²) >= 11 is 0. The van der Waals surface area contributed by atoms with Crippen molar-refractivity contribution >= 4 is 5.91 Å². The number of benzene rings is 1. The highest BCUT2D eigenvalue weighted by Gasteiger charge is 2.32. The standard InChI is InChI=1S/C19H26N2O3/c22-19(21-9-2-1-3-10-21)16-5-4-8-20(13-16)12-15-6-7-17-18(11-15)24-14-23-17/h6-7,11,16H,1-5,8-10,12-14H2/p+1/t16-/m1/s1. The number of quaternary nitrogens is 1. The van der Waals surface area contributed by atoms with Crippen LogP contribution in [0.2, 0.25) is 0 Å². The highest BCUT2D eigenvalue weighted by atomic mass is 16.7.